The predicted octanol–water partition coefficient (Wildman–Crippen LogP) is 0.692. The van der Waals surface area contributed by atoms with E-state index >= 15 is 0 Å². The van der Waals surface area contributed by atoms with Crippen LogP contribution in [0.4, 0.5) is 5.69 Å². The second-order valence-corrected chi connectivity index (χ2v) is 3.37. The van der Waals surface area contributed by atoms with Crippen LogP contribution in [0, 0.1) is 10.1 Å². The van der Waals surface area contributed by atoms with Crippen LogP contribution in [0.2, 0.25) is 0 Å². The first-order valence-corrected chi connectivity index (χ1v) is 5.09. The lowest BCUT2D eigenvalue weighted by molar-refractivity contribution is -0.385. The molecule has 0 aliphatic carbocycles. The quantitative estimate of drug-likeness (QED) is 0.254. The molecular weight excluding hydrogens is 238 g/mol. The Morgan fingerprint density at radius 2 is 2.33 bits per heavy atom. The number of nitrogens with two attached hydrogens (primary N) is 1. The van der Waals surface area contributed by atoms with Crippen LogP contribution in [-0.2, 0) is 11.2 Å². The van der Waals surface area contributed by atoms with Crippen LogP contribution in [0.3, 0.4) is 0 Å². The molecule has 0 saturated carbocycles. The zero-order chi connectivity index (χ0) is 13.5. The molecule has 7 nitrogen and oxygen atoms in total. The summed E-state index contributed by atoms with van der Waals surface area (Å²) < 4.78 is 5.15. The average molecular weight is 251 g/mol. The highest BCUT2D eigenvalue weighted by Gasteiger charge is 2.19. The molecule has 1 aromatic carbocycles. The number of amides is 1. The maximum atomic E-state index is 11.0. The van der Waals surface area contributed by atoms with E-state index in [1.54, 1.807) is 18.2 Å². The molecule has 18 heavy (non-hydrogen) atoms. The third-order valence-electron chi connectivity index (χ3n) is 2.15. The third kappa shape index (κ3) is 3.29. The highest BCUT2D eigenvalue weighted by Crippen LogP contribution is 2.31. The number of nitro groups is 1. The van der Waals surface area contributed by atoms with Crippen LogP contribution in [0.1, 0.15) is 5.56 Å². The van der Waals surface area contributed by atoms with Crippen molar-refractivity contribution in [1.82, 2.24) is 5.43 Å². The molecule has 0 atom stereocenters. The Hall–Kier alpha value is -2.41. The summed E-state index contributed by atoms with van der Waals surface area (Å²) in [6.07, 6.45) is 2.00. The lowest BCUT2D eigenvalue weighted by Crippen LogP contribution is -2.34. The molecule has 0 heterocycles. The van der Waals surface area contributed by atoms with Gasteiger partial charge in [0.25, 0.3) is 5.91 Å². The lowest BCUT2D eigenvalue weighted by atomic mass is 10.1. The SMILES string of the molecule is C=CCc1cccc([N+](=O)[O-])c1OCC(=O)NN. The lowest BCUT2D eigenvalue weighted by Gasteiger charge is -2.09. The minimum Gasteiger partial charge on any atom is -0.476 e. The molecule has 96 valence electrons. The molecule has 1 aromatic rings. The van der Waals surface area contributed by atoms with Crippen molar-refractivity contribution in [2.24, 2.45) is 5.84 Å². The molecule has 1 amide bonds. The summed E-state index contributed by atoms with van der Waals surface area (Å²) in [5, 5.41) is 10.9. The van der Waals surface area contributed by atoms with Crippen molar-refractivity contribution in [3.05, 3.63) is 46.5 Å². The Morgan fingerprint density at radius 3 is 2.89 bits per heavy atom. The number of nitrogens with zero attached hydrogens (tertiary/aromatic N) is 1. The van der Waals surface area contributed by atoms with Crippen LogP contribution >= 0.6 is 0 Å². The van der Waals surface area contributed by atoms with Gasteiger partial charge in [-0.2, -0.15) is 0 Å². The second kappa shape index (κ2) is 6.36. The normalized spacial score (nSPS) is 9.61. The van der Waals surface area contributed by atoms with Crippen molar-refractivity contribution in [3.63, 3.8) is 0 Å². The van der Waals surface area contributed by atoms with Gasteiger partial charge in [0.05, 0.1) is 4.92 Å². The maximum Gasteiger partial charge on any atom is 0.311 e. The predicted molar refractivity (Wildman–Crippen MR) is 64.8 cm³/mol. The van der Waals surface area contributed by atoms with Crippen LogP contribution < -0.4 is 16.0 Å². The fourth-order valence-electron chi connectivity index (χ4n) is 1.38. The standard InChI is InChI=1S/C11H13N3O4/c1-2-4-8-5-3-6-9(14(16)17)11(8)18-7-10(15)13-12/h2-3,5-6H,1,4,7,12H2,(H,13,15). The number of ether oxygens (including phenoxy) is 1. The van der Waals surface area contributed by atoms with Gasteiger partial charge in [-0.3, -0.25) is 20.3 Å². The Kier molecular flexibility index (Phi) is 4.82. The Balaban J connectivity index is 3.06. The summed E-state index contributed by atoms with van der Waals surface area (Å²) in [5.74, 6) is 4.39. The molecule has 0 radical (unpaired) electrons. The van der Waals surface area contributed by atoms with E-state index in [9.17, 15) is 14.9 Å². The van der Waals surface area contributed by atoms with Gasteiger partial charge in [0.1, 0.15) is 0 Å². The van der Waals surface area contributed by atoms with Gasteiger partial charge in [0.15, 0.2) is 6.61 Å². The number of hydrogen-bond donors (Lipinski definition) is 2. The number of carbonyl (C=O) groups excluding carboxylic acids is 1. The van der Waals surface area contributed by atoms with E-state index in [2.05, 4.69) is 6.58 Å². The topological polar surface area (TPSA) is 107 Å². The van der Waals surface area contributed by atoms with Crippen molar-refractivity contribution in [1.29, 1.82) is 0 Å². The zero-order valence-corrected chi connectivity index (χ0v) is 9.59. The maximum absolute atomic E-state index is 11.0. The minimum absolute atomic E-state index is 0.0611. The summed E-state index contributed by atoms with van der Waals surface area (Å²) in [4.78, 5) is 21.3. The van der Waals surface area contributed by atoms with E-state index in [1.165, 1.54) is 6.07 Å². The first kappa shape index (κ1) is 13.7. The first-order chi connectivity index (χ1) is 8.60. The van der Waals surface area contributed by atoms with Crippen molar-refractivity contribution in [2.45, 2.75) is 6.42 Å². The van der Waals surface area contributed by atoms with E-state index in [0.717, 1.165) is 0 Å². The van der Waals surface area contributed by atoms with Gasteiger partial charge >= 0.3 is 5.69 Å². The summed E-state index contributed by atoms with van der Waals surface area (Å²) in [5.41, 5.74) is 2.27. The minimum atomic E-state index is -0.572. The number of carbonyl (C=O) groups is 1. The number of benzene rings is 1. The highest BCUT2D eigenvalue weighted by molar-refractivity contribution is 5.77. The molecule has 0 aliphatic heterocycles. The largest absolute Gasteiger partial charge is 0.476 e. The molecule has 0 unspecified atom stereocenters. The summed E-state index contributed by atoms with van der Waals surface area (Å²) in [6.45, 7) is 3.17. The van der Waals surface area contributed by atoms with Crippen molar-refractivity contribution in [3.8, 4) is 5.75 Å². The Bertz CT molecular complexity index is 473. The van der Waals surface area contributed by atoms with Crippen molar-refractivity contribution in [2.75, 3.05) is 6.61 Å². The molecule has 3 N–H and O–H groups in total. The number of para-hydroxylation sites is 1. The van der Waals surface area contributed by atoms with Crippen LogP contribution in [0.15, 0.2) is 30.9 Å². The van der Waals surface area contributed by atoms with Gasteiger partial charge < -0.3 is 4.74 Å². The van der Waals surface area contributed by atoms with Gasteiger partial charge in [-0.05, 0) is 6.42 Å². The summed E-state index contributed by atoms with van der Waals surface area (Å²) in [7, 11) is 0. The van der Waals surface area contributed by atoms with Crippen LogP contribution in [0.25, 0.3) is 0 Å². The fraction of sp³-hybridized carbons (Fsp3) is 0.182. The zero-order valence-electron chi connectivity index (χ0n) is 9.59. The van der Waals surface area contributed by atoms with Crippen LogP contribution in [-0.4, -0.2) is 17.4 Å². The summed E-state index contributed by atoms with van der Waals surface area (Å²) in [6, 6.07) is 4.53. The third-order valence-corrected chi connectivity index (χ3v) is 2.15. The average Bonchev–Trinajstić information content (AvgIpc) is 2.36. The molecule has 1 rings (SSSR count). The number of allylic oxidation sites excluding steroid dienone is 1. The van der Waals surface area contributed by atoms with E-state index in [4.69, 9.17) is 10.6 Å². The number of nitrogens with one attached hydrogen (secondary N) is 1. The van der Waals surface area contributed by atoms with E-state index in [-0.39, 0.29) is 18.0 Å². The molecule has 0 aromatic heterocycles. The molecule has 0 bridgehead atoms. The second-order valence-electron chi connectivity index (χ2n) is 3.37. The highest BCUT2D eigenvalue weighted by atomic mass is 16.6. The van der Waals surface area contributed by atoms with Gasteiger partial charge in [0.2, 0.25) is 5.75 Å². The first-order valence-electron chi connectivity index (χ1n) is 5.09. The van der Waals surface area contributed by atoms with E-state index in [1.807, 2.05) is 5.43 Å². The molecule has 7 heteroatoms. The molecule has 0 spiro atoms. The number of hydrogen-bond acceptors (Lipinski definition) is 5. The van der Waals surface area contributed by atoms with Gasteiger partial charge in [-0.15, -0.1) is 6.58 Å². The summed E-state index contributed by atoms with van der Waals surface area (Å²) >= 11 is 0. The molecule has 0 aliphatic rings. The number of hydrazine groups is 1. The number of nitro benzene ring substituents is 1. The van der Waals surface area contributed by atoms with Crippen molar-refractivity contribution < 1.29 is 14.5 Å². The smallest absolute Gasteiger partial charge is 0.311 e. The van der Waals surface area contributed by atoms with Gasteiger partial charge in [0, 0.05) is 11.6 Å². The Morgan fingerprint density at radius 1 is 1.61 bits per heavy atom. The number of rotatable bonds is 6. The monoisotopic (exact) mass is 251 g/mol. The van der Waals surface area contributed by atoms with Crippen molar-refractivity contribution >= 4 is 11.6 Å². The van der Waals surface area contributed by atoms with Gasteiger partial charge in [-0.1, -0.05) is 18.2 Å². The van der Waals surface area contributed by atoms with E-state index in [0.29, 0.717) is 12.0 Å². The van der Waals surface area contributed by atoms with Crippen LogP contribution in [0.5, 0.6) is 5.75 Å². The van der Waals surface area contributed by atoms with E-state index < -0.39 is 10.8 Å². The fourth-order valence-corrected chi connectivity index (χ4v) is 1.38. The van der Waals surface area contributed by atoms with Gasteiger partial charge in [-0.25, -0.2) is 5.84 Å². The Labute approximate surface area is 103 Å². The molecular formula is C11H13N3O4. The molecule has 0 fully saturated rings. The molecule has 0 saturated heterocycles.